The van der Waals surface area contributed by atoms with Crippen LogP contribution in [0, 0.1) is 5.82 Å². The first-order valence-electron chi connectivity index (χ1n) is 9.53. The Morgan fingerprint density at radius 1 is 1.11 bits per heavy atom. The minimum atomic E-state index is -0.485. The minimum absolute atomic E-state index is 0.128. The number of carbonyl (C=O) groups is 1. The fourth-order valence-corrected chi connectivity index (χ4v) is 3.96. The summed E-state index contributed by atoms with van der Waals surface area (Å²) < 4.78 is 15.6. The fourth-order valence-electron chi connectivity index (χ4n) is 3.96. The molecule has 1 aromatic heterocycles. The van der Waals surface area contributed by atoms with Gasteiger partial charge in [0.1, 0.15) is 12.1 Å². The highest BCUT2D eigenvalue weighted by Gasteiger charge is 2.27. The number of nitrogens with one attached hydrogen (secondary N) is 1. The van der Waals surface area contributed by atoms with Gasteiger partial charge in [-0.05, 0) is 41.5 Å². The lowest BCUT2D eigenvalue weighted by Gasteiger charge is -2.40. The van der Waals surface area contributed by atoms with Gasteiger partial charge in [0.25, 0.3) is 0 Å². The number of hydrogen-bond donors (Lipinski definition) is 1. The number of hydrogen-bond acceptors (Lipinski definition) is 5. The summed E-state index contributed by atoms with van der Waals surface area (Å²) in [6.45, 7) is 3.09. The standard InChI is InChI=1S/C18H24FN7O/c19-16-7-6-15(26-13-20-22-23-26)12-17(16)21-18(27)25-10-8-24(9-11-25)14-4-2-1-3-5-14/h6-7,12-14H,1-5,8-11H2,(H,21,27). The summed E-state index contributed by atoms with van der Waals surface area (Å²) in [5, 5.41) is 13.6. The van der Waals surface area contributed by atoms with Crippen molar-refractivity contribution in [3.05, 3.63) is 30.3 Å². The van der Waals surface area contributed by atoms with Crippen LogP contribution in [0.4, 0.5) is 14.9 Å². The summed E-state index contributed by atoms with van der Waals surface area (Å²) in [4.78, 5) is 16.8. The first-order chi connectivity index (χ1) is 13.2. The molecule has 0 bridgehead atoms. The van der Waals surface area contributed by atoms with Crippen LogP contribution in [0.5, 0.6) is 0 Å². The van der Waals surface area contributed by atoms with Gasteiger partial charge in [0, 0.05) is 32.2 Å². The van der Waals surface area contributed by atoms with Crippen LogP contribution in [0.2, 0.25) is 0 Å². The number of rotatable bonds is 3. The van der Waals surface area contributed by atoms with Crippen molar-refractivity contribution in [2.75, 3.05) is 31.5 Å². The van der Waals surface area contributed by atoms with Gasteiger partial charge in [-0.15, -0.1) is 5.10 Å². The van der Waals surface area contributed by atoms with Crippen LogP contribution in [0.1, 0.15) is 32.1 Å². The van der Waals surface area contributed by atoms with E-state index in [1.165, 1.54) is 55.2 Å². The van der Waals surface area contributed by atoms with E-state index in [-0.39, 0.29) is 11.7 Å². The third kappa shape index (κ3) is 4.08. The zero-order valence-corrected chi connectivity index (χ0v) is 15.2. The molecule has 2 aromatic rings. The highest BCUT2D eigenvalue weighted by molar-refractivity contribution is 5.89. The second kappa shape index (κ2) is 7.99. The number of anilines is 1. The van der Waals surface area contributed by atoms with Crippen molar-refractivity contribution in [1.29, 1.82) is 0 Å². The molecule has 0 atom stereocenters. The van der Waals surface area contributed by atoms with Gasteiger partial charge in [0.15, 0.2) is 0 Å². The quantitative estimate of drug-likeness (QED) is 0.893. The Morgan fingerprint density at radius 3 is 2.59 bits per heavy atom. The van der Waals surface area contributed by atoms with Crippen LogP contribution in [-0.2, 0) is 0 Å². The van der Waals surface area contributed by atoms with E-state index >= 15 is 0 Å². The molecule has 1 aliphatic heterocycles. The summed E-state index contributed by atoms with van der Waals surface area (Å²) in [7, 11) is 0. The van der Waals surface area contributed by atoms with Crippen LogP contribution < -0.4 is 5.32 Å². The molecule has 2 amide bonds. The molecule has 2 fully saturated rings. The van der Waals surface area contributed by atoms with E-state index < -0.39 is 5.82 Å². The van der Waals surface area contributed by atoms with Crippen LogP contribution in [-0.4, -0.2) is 68.3 Å². The molecule has 2 aliphatic rings. The Hall–Kier alpha value is -2.55. The van der Waals surface area contributed by atoms with E-state index in [1.807, 2.05) is 0 Å². The number of benzene rings is 1. The normalized spacial score (nSPS) is 19.2. The maximum Gasteiger partial charge on any atom is 0.322 e. The Bertz CT molecular complexity index is 768. The van der Waals surface area contributed by atoms with Crippen molar-refractivity contribution in [2.45, 2.75) is 38.1 Å². The second-order valence-corrected chi connectivity index (χ2v) is 7.16. The maximum absolute atomic E-state index is 14.1. The number of urea groups is 1. The average Bonchev–Trinajstić information content (AvgIpc) is 3.25. The number of carbonyl (C=O) groups excluding carboxylic acids is 1. The fraction of sp³-hybridized carbons (Fsp3) is 0.556. The van der Waals surface area contributed by atoms with E-state index in [0.29, 0.717) is 24.8 Å². The van der Waals surface area contributed by atoms with Crippen molar-refractivity contribution in [3.8, 4) is 5.69 Å². The average molecular weight is 373 g/mol. The smallest absolute Gasteiger partial charge is 0.322 e. The molecule has 4 rings (SSSR count). The Labute approximate surface area is 157 Å². The molecule has 0 radical (unpaired) electrons. The van der Waals surface area contributed by atoms with Crippen LogP contribution >= 0.6 is 0 Å². The van der Waals surface area contributed by atoms with Gasteiger partial charge in [-0.25, -0.2) is 13.9 Å². The molecule has 0 unspecified atom stereocenters. The Kier molecular flexibility index (Phi) is 5.28. The molecule has 1 aromatic carbocycles. The lowest BCUT2D eigenvalue weighted by Crippen LogP contribution is -2.53. The summed E-state index contributed by atoms with van der Waals surface area (Å²) in [6.07, 6.45) is 7.91. The van der Waals surface area contributed by atoms with E-state index in [4.69, 9.17) is 0 Å². The summed E-state index contributed by atoms with van der Waals surface area (Å²) in [6, 6.07) is 4.78. The number of tetrazole rings is 1. The van der Waals surface area contributed by atoms with Crippen molar-refractivity contribution in [1.82, 2.24) is 30.0 Å². The molecule has 2 heterocycles. The highest BCUT2D eigenvalue weighted by atomic mass is 19.1. The maximum atomic E-state index is 14.1. The molecule has 27 heavy (non-hydrogen) atoms. The lowest BCUT2D eigenvalue weighted by atomic mass is 9.94. The van der Waals surface area contributed by atoms with Gasteiger partial charge in [-0.3, -0.25) is 4.90 Å². The van der Waals surface area contributed by atoms with E-state index in [2.05, 4.69) is 25.7 Å². The van der Waals surface area contributed by atoms with Gasteiger partial charge in [-0.2, -0.15) is 0 Å². The molecule has 1 N–H and O–H groups in total. The zero-order chi connectivity index (χ0) is 18.6. The Balaban J connectivity index is 1.36. The molecule has 9 heteroatoms. The van der Waals surface area contributed by atoms with Crippen LogP contribution in [0.25, 0.3) is 5.69 Å². The van der Waals surface area contributed by atoms with Gasteiger partial charge >= 0.3 is 6.03 Å². The number of halogens is 1. The van der Waals surface area contributed by atoms with Crippen molar-refractivity contribution in [3.63, 3.8) is 0 Å². The highest BCUT2D eigenvalue weighted by Crippen LogP contribution is 2.24. The predicted octanol–water partition coefficient (Wildman–Crippen LogP) is 2.28. The van der Waals surface area contributed by atoms with Crippen molar-refractivity contribution >= 4 is 11.7 Å². The van der Waals surface area contributed by atoms with Crippen molar-refractivity contribution in [2.24, 2.45) is 0 Å². The summed E-state index contributed by atoms with van der Waals surface area (Å²) in [5.74, 6) is -0.485. The first kappa shape index (κ1) is 17.8. The van der Waals surface area contributed by atoms with Crippen LogP contribution in [0.15, 0.2) is 24.5 Å². The monoisotopic (exact) mass is 373 g/mol. The summed E-state index contributed by atoms with van der Waals surface area (Å²) in [5.41, 5.74) is 0.710. The third-order valence-corrected chi connectivity index (χ3v) is 5.50. The molecule has 1 saturated carbocycles. The minimum Gasteiger partial charge on any atom is -0.322 e. The van der Waals surface area contributed by atoms with E-state index in [1.54, 1.807) is 11.0 Å². The first-order valence-corrected chi connectivity index (χ1v) is 9.53. The topological polar surface area (TPSA) is 79.2 Å². The molecular formula is C18H24FN7O. The summed E-state index contributed by atoms with van der Waals surface area (Å²) >= 11 is 0. The number of piperazine rings is 1. The number of amides is 2. The number of nitrogens with zero attached hydrogens (tertiary/aromatic N) is 6. The SMILES string of the molecule is O=C(Nc1cc(-n2cnnn2)ccc1F)N1CCN(C2CCCCC2)CC1. The molecule has 0 spiro atoms. The predicted molar refractivity (Wildman–Crippen MR) is 98.1 cm³/mol. The van der Waals surface area contributed by atoms with E-state index in [0.717, 1.165) is 13.1 Å². The van der Waals surface area contributed by atoms with Gasteiger partial charge in [-0.1, -0.05) is 19.3 Å². The zero-order valence-electron chi connectivity index (χ0n) is 15.2. The molecule has 144 valence electrons. The molecule has 1 saturated heterocycles. The van der Waals surface area contributed by atoms with Gasteiger partial charge in [0.05, 0.1) is 11.4 Å². The van der Waals surface area contributed by atoms with Gasteiger partial charge < -0.3 is 10.2 Å². The molecule has 1 aliphatic carbocycles. The largest absolute Gasteiger partial charge is 0.322 e. The van der Waals surface area contributed by atoms with Gasteiger partial charge in [0.2, 0.25) is 0 Å². The molecule has 8 nitrogen and oxygen atoms in total. The number of aromatic nitrogens is 4. The lowest BCUT2D eigenvalue weighted by molar-refractivity contribution is 0.0943. The van der Waals surface area contributed by atoms with Crippen molar-refractivity contribution < 1.29 is 9.18 Å². The van der Waals surface area contributed by atoms with E-state index in [9.17, 15) is 9.18 Å². The third-order valence-electron chi connectivity index (χ3n) is 5.50. The molecular weight excluding hydrogens is 349 g/mol. The second-order valence-electron chi connectivity index (χ2n) is 7.16. The van der Waals surface area contributed by atoms with Crippen LogP contribution in [0.3, 0.4) is 0 Å². The Morgan fingerprint density at radius 2 is 1.89 bits per heavy atom.